The second-order valence-electron chi connectivity index (χ2n) is 11.1. The molecule has 1 unspecified atom stereocenters. The smallest absolute Gasteiger partial charge is 0.251 e. The average Bonchev–Trinajstić information content (AvgIpc) is 3.03. The van der Waals surface area contributed by atoms with E-state index in [-0.39, 0.29) is 36.9 Å². The standard InChI is InChI=1S/C35H41N5O4/c1-24(37-22-32(42)30-14-15-33(36)38-21-30)16-27-8-5-9-28(17-27)19-34(43)39-20-26-10-12-29(13-11-26)35(44)40-31(23-41)18-25-6-3-2-4-7-25/h2-15,17,21,24,31-32,37,41-42H,16,18-20,22-23H2,1H3,(H2,36,38)(H,39,43)(H,40,44)/t24?,31-,32+/m1/s1. The number of carbonyl (C=O) groups excluding carboxylic acids is 2. The topological polar surface area (TPSA) is 150 Å². The molecule has 2 amide bonds. The lowest BCUT2D eigenvalue weighted by molar-refractivity contribution is -0.120. The summed E-state index contributed by atoms with van der Waals surface area (Å²) in [6.45, 7) is 2.63. The van der Waals surface area contributed by atoms with Crippen LogP contribution in [0.3, 0.4) is 0 Å². The quantitative estimate of drug-likeness (QED) is 0.124. The number of amides is 2. The summed E-state index contributed by atoms with van der Waals surface area (Å²) in [5.74, 6) is 0.0664. The maximum Gasteiger partial charge on any atom is 0.251 e. The SMILES string of the molecule is CC(Cc1cccc(CC(=O)NCc2ccc(C(=O)N[C@@H](CO)Cc3ccccc3)cc2)c1)NC[C@H](O)c1ccc(N)nc1. The van der Waals surface area contributed by atoms with Crippen LogP contribution in [0.4, 0.5) is 5.82 Å². The summed E-state index contributed by atoms with van der Waals surface area (Å²) in [6.07, 6.45) is 2.44. The monoisotopic (exact) mass is 595 g/mol. The summed E-state index contributed by atoms with van der Waals surface area (Å²) in [7, 11) is 0. The molecule has 0 spiro atoms. The summed E-state index contributed by atoms with van der Waals surface area (Å²) < 4.78 is 0. The zero-order chi connectivity index (χ0) is 31.3. The molecule has 44 heavy (non-hydrogen) atoms. The summed E-state index contributed by atoms with van der Waals surface area (Å²) in [5.41, 5.74) is 10.7. The fourth-order valence-electron chi connectivity index (χ4n) is 4.89. The van der Waals surface area contributed by atoms with E-state index in [1.54, 1.807) is 30.5 Å². The number of hydrogen-bond acceptors (Lipinski definition) is 7. The summed E-state index contributed by atoms with van der Waals surface area (Å²) in [5, 5.41) is 29.3. The molecule has 4 aromatic rings. The molecule has 0 saturated heterocycles. The van der Waals surface area contributed by atoms with Gasteiger partial charge in [0.1, 0.15) is 5.82 Å². The highest BCUT2D eigenvalue weighted by Gasteiger charge is 2.14. The second-order valence-corrected chi connectivity index (χ2v) is 11.1. The van der Waals surface area contributed by atoms with Crippen LogP contribution in [0.2, 0.25) is 0 Å². The zero-order valence-corrected chi connectivity index (χ0v) is 24.9. The average molecular weight is 596 g/mol. The highest BCUT2D eigenvalue weighted by atomic mass is 16.3. The van der Waals surface area contributed by atoms with E-state index < -0.39 is 6.10 Å². The lowest BCUT2D eigenvalue weighted by Gasteiger charge is -2.18. The van der Waals surface area contributed by atoms with Gasteiger partial charge in [0.05, 0.1) is 25.2 Å². The molecular formula is C35H41N5O4. The van der Waals surface area contributed by atoms with Crippen LogP contribution in [0.1, 0.15) is 51.2 Å². The molecule has 0 bridgehead atoms. The largest absolute Gasteiger partial charge is 0.394 e. The molecule has 3 atom stereocenters. The van der Waals surface area contributed by atoms with Gasteiger partial charge in [0.15, 0.2) is 0 Å². The minimum atomic E-state index is -0.683. The van der Waals surface area contributed by atoms with E-state index >= 15 is 0 Å². The van der Waals surface area contributed by atoms with Crippen LogP contribution in [0.25, 0.3) is 0 Å². The third kappa shape index (κ3) is 10.3. The van der Waals surface area contributed by atoms with Gasteiger partial charge in [-0.3, -0.25) is 9.59 Å². The van der Waals surface area contributed by atoms with Crippen molar-refractivity contribution in [3.05, 3.63) is 131 Å². The lowest BCUT2D eigenvalue weighted by atomic mass is 10.0. The van der Waals surface area contributed by atoms with Crippen molar-refractivity contribution >= 4 is 17.6 Å². The first-order valence-corrected chi connectivity index (χ1v) is 14.8. The molecule has 9 nitrogen and oxygen atoms in total. The number of rotatable bonds is 15. The molecular weight excluding hydrogens is 554 g/mol. The number of nitrogens with zero attached hydrogens (tertiary/aromatic N) is 1. The summed E-state index contributed by atoms with van der Waals surface area (Å²) >= 11 is 0. The van der Waals surface area contributed by atoms with Gasteiger partial charge in [-0.1, -0.05) is 72.8 Å². The van der Waals surface area contributed by atoms with Crippen molar-refractivity contribution < 1.29 is 19.8 Å². The molecule has 9 heteroatoms. The highest BCUT2D eigenvalue weighted by Crippen LogP contribution is 2.14. The number of nitrogens with two attached hydrogens (primary N) is 1. The van der Waals surface area contributed by atoms with E-state index in [0.29, 0.717) is 36.5 Å². The molecule has 1 aromatic heterocycles. The molecule has 0 aliphatic carbocycles. The number of hydrogen-bond donors (Lipinski definition) is 6. The van der Waals surface area contributed by atoms with Crippen LogP contribution in [-0.4, -0.2) is 52.2 Å². The molecule has 230 valence electrons. The number of aliphatic hydroxyl groups excluding tert-OH is 2. The molecule has 0 fully saturated rings. The van der Waals surface area contributed by atoms with Gasteiger partial charge in [-0.05, 0) is 60.2 Å². The molecule has 0 aliphatic heterocycles. The predicted molar refractivity (Wildman–Crippen MR) is 172 cm³/mol. The fraction of sp³-hybridized carbons (Fsp3) is 0.286. The Bertz CT molecular complexity index is 1480. The predicted octanol–water partition coefficient (Wildman–Crippen LogP) is 3.11. The number of aromatic nitrogens is 1. The van der Waals surface area contributed by atoms with E-state index in [0.717, 1.165) is 28.7 Å². The molecule has 0 saturated carbocycles. The van der Waals surface area contributed by atoms with Gasteiger partial charge in [-0.15, -0.1) is 0 Å². The van der Waals surface area contributed by atoms with E-state index in [1.165, 1.54) is 0 Å². The van der Waals surface area contributed by atoms with Gasteiger partial charge < -0.3 is 31.9 Å². The molecule has 4 rings (SSSR count). The van der Waals surface area contributed by atoms with Gasteiger partial charge in [0.2, 0.25) is 5.91 Å². The van der Waals surface area contributed by atoms with Crippen molar-refractivity contribution in [1.29, 1.82) is 0 Å². The van der Waals surface area contributed by atoms with Crippen LogP contribution in [0, 0.1) is 0 Å². The van der Waals surface area contributed by atoms with E-state index in [9.17, 15) is 19.8 Å². The number of nitrogen functional groups attached to an aromatic ring is 1. The Hall–Kier alpha value is -4.57. The maximum atomic E-state index is 12.7. The van der Waals surface area contributed by atoms with Crippen molar-refractivity contribution in [3.8, 4) is 0 Å². The minimum absolute atomic E-state index is 0.0953. The Morgan fingerprint density at radius 1 is 0.864 bits per heavy atom. The van der Waals surface area contributed by atoms with Gasteiger partial charge in [-0.2, -0.15) is 0 Å². The van der Waals surface area contributed by atoms with Crippen molar-refractivity contribution in [3.63, 3.8) is 0 Å². The van der Waals surface area contributed by atoms with Crippen molar-refractivity contribution in [2.24, 2.45) is 0 Å². The molecule has 3 aromatic carbocycles. The van der Waals surface area contributed by atoms with Crippen molar-refractivity contribution in [2.75, 3.05) is 18.9 Å². The van der Waals surface area contributed by atoms with E-state index in [2.05, 4.69) is 27.9 Å². The Morgan fingerprint density at radius 3 is 2.30 bits per heavy atom. The molecule has 0 radical (unpaired) electrons. The summed E-state index contributed by atoms with van der Waals surface area (Å²) in [4.78, 5) is 29.4. The fourth-order valence-corrected chi connectivity index (χ4v) is 4.89. The number of nitrogens with one attached hydrogen (secondary N) is 3. The zero-order valence-electron chi connectivity index (χ0n) is 24.9. The molecule has 1 heterocycles. The van der Waals surface area contributed by atoms with Gasteiger partial charge in [-0.25, -0.2) is 4.98 Å². The highest BCUT2D eigenvalue weighted by molar-refractivity contribution is 5.94. The first kappa shape index (κ1) is 32.3. The Labute approximate surface area is 258 Å². The van der Waals surface area contributed by atoms with Crippen LogP contribution >= 0.6 is 0 Å². The molecule has 0 aliphatic rings. The van der Waals surface area contributed by atoms with E-state index in [1.807, 2.05) is 66.7 Å². The first-order valence-electron chi connectivity index (χ1n) is 14.8. The van der Waals surface area contributed by atoms with Crippen LogP contribution in [0.15, 0.2) is 97.2 Å². The molecule has 7 N–H and O–H groups in total. The summed E-state index contributed by atoms with van der Waals surface area (Å²) in [6, 6.07) is 27.9. The number of pyridine rings is 1. The first-order chi connectivity index (χ1) is 21.3. The third-order valence-electron chi connectivity index (χ3n) is 7.34. The maximum absolute atomic E-state index is 12.7. The van der Waals surface area contributed by atoms with Gasteiger partial charge in [0, 0.05) is 36.5 Å². The number of carbonyl (C=O) groups is 2. The van der Waals surface area contributed by atoms with Crippen molar-refractivity contribution in [2.45, 2.75) is 50.9 Å². The van der Waals surface area contributed by atoms with Crippen LogP contribution in [0.5, 0.6) is 0 Å². The normalized spacial score (nSPS) is 13.1. The van der Waals surface area contributed by atoms with Crippen LogP contribution < -0.4 is 21.7 Å². The van der Waals surface area contributed by atoms with Crippen LogP contribution in [-0.2, 0) is 30.6 Å². The second kappa shape index (κ2) is 16.3. The Morgan fingerprint density at radius 2 is 1.59 bits per heavy atom. The number of anilines is 1. The van der Waals surface area contributed by atoms with Gasteiger partial charge >= 0.3 is 0 Å². The van der Waals surface area contributed by atoms with E-state index in [4.69, 9.17) is 5.73 Å². The number of aliphatic hydroxyl groups is 2. The Kier molecular flexibility index (Phi) is 12.0. The van der Waals surface area contributed by atoms with Gasteiger partial charge in [0.25, 0.3) is 5.91 Å². The number of benzene rings is 3. The third-order valence-corrected chi connectivity index (χ3v) is 7.34. The Balaban J connectivity index is 1.20. The lowest BCUT2D eigenvalue weighted by Crippen LogP contribution is -2.39. The van der Waals surface area contributed by atoms with Crippen molar-refractivity contribution in [1.82, 2.24) is 20.9 Å². The minimum Gasteiger partial charge on any atom is -0.394 e.